The quantitative estimate of drug-likeness (QED) is 0.241. The maximum atomic E-state index is 11.7. The van der Waals surface area contributed by atoms with Gasteiger partial charge in [0.2, 0.25) is 0 Å². The summed E-state index contributed by atoms with van der Waals surface area (Å²) in [6.45, 7) is 2.24. The number of unbranched alkanes of at least 4 members (excludes halogenated alkanes) is 8. The molecule has 0 aliphatic heterocycles. The fraction of sp³-hybridized carbons (Fsp3) is 0.650. The lowest BCUT2D eigenvalue weighted by molar-refractivity contribution is -0.145. The van der Waals surface area contributed by atoms with Crippen LogP contribution < -0.4 is 0 Å². The van der Waals surface area contributed by atoms with E-state index in [1.807, 2.05) is 30.3 Å². The van der Waals surface area contributed by atoms with Crippen molar-refractivity contribution in [3.63, 3.8) is 0 Å². The summed E-state index contributed by atoms with van der Waals surface area (Å²) in [5.74, 6) is -0.177. The molecule has 23 heavy (non-hydrogen) atoms. The highest BCUT2D eigenvalue weighted by Crippen LogP contribution is 2.13. The van der Waals surface area contributed by atoms with Crippen LogP contribution in [0.4, 0.5) is 0 Å². The van der Waals surface area contributed by atoms with Crippen molar-refractivity contribution in [2.75, 3.05) is 0 Å². The van der Waals surface area contributed by atoms with Crippen LogP contribution in [0.15, 0.2) is 30.3 Å². The normalized spacial score (nSPS) is 12.1. The Labute approximate surface area is 146 Å². The van der Waals surface area contributed by atoms with Gasteiger partial charge in [0.15, 0.2) is 5.56 Å². The molecule has 2 nitrogen and oxygen atoms in total. The second kappa shape index (κ2) is 13.4. The van der Waals surface area contributed by atoms with Gasteiger partial charge in [0.05, 0.1) is 0 Å². The highest BCUT2D eigenvalue weighted by molar-refractivity contribution is 6.20. The van der Waals surface area contributed by atoms with Crippen molar-refractivity contribution in [3.05, 3.63) is 35.9 Å². The van der Waals surface area contributed by atoms with E-state index in [1.54, 1.807) is 0 Å². The molecule has 0 radical (unpaired) electrons. The molecule has 0 saturated carbocycles. The third kappa shape index (κ3) is 11.2. The number of esters is 1. The highest BCUT2D eigenvalue weighted by atomic mass is 35.5. The van der Waals surface area contributed by atoms with Gasteiger partial charge >= 0.3 is 5.97 Å². The Morgan fingerprint density at radius 3 is 2.13 bits per heavy atom. The monoisotopic (exact) mass is 338 g/mol. The molecular formula is C20H31ClO2. The van der Waals surface area contributed by atoms with Crippen LogP contribution in [0.25, 0.3) is 0 Å². The van der Waals surface area contributed by atoms with Crippen LogP contribution in [0.1, 0.15) is 76.7 Å². The molecule has 1 aromatic rings. The molecule has 1 atom stereocenters. The maximum absolute atomic E-state index is 11.7. The van der Waals surface area contributed by atoms with Crippen LogP contribution in [-0.2, 0) is 16.0 Å². The number of benzene rings is 1. The molecular weight excluding hydrogens is 308 g/mol. The van der Waals surface area contributed by atoms with Crippen LogP contribution in [0.2, 0.25) is 0 Å². The molecule has 0 heterocycles. The predicted octanol–water partition coefficient (Wildman–Crippen LogP) is 6.26. The zero-order valence-corrected chi connectivity index (χ0v) is 15.2. The van der Waals surface area contributed by atoms with Gasteiger partial charge in [-0.15, -0.1) is 0 Å². The molecule has 0 fully saturated rings. The third-order valence-electron chi connectivity index (χ3n) is 3.98. The SMILES string of the molecule is CCCCCCCCCCCC(=O)OC(Cl)Cc1ccccc1. The van der Waals surface area contributed by atoms with Crippen molar-refractivity contribution in [1.29, 1.82) is 0 Å². The molecule has 0 aromatic heterocycles. The van der Waals surface area contributed by atoms with Crippen molar-refractivity contribution >= 4 is 17.6 Å². The molecule has 0 aliphatic rings. The van der Waals surface area contributed by atoms with E-state index in [0.717, 1.165) is 18.4 Å². The van der Waals surface area contributed by atoms with Crippen LogP contribution in [0.5, 0.6) is 0 Å². The number of rotatable bonds is 13. The fourth-order valence-electron chi connectivity index (χ4n) is 2.62. The van der Waals surface area contributed by atoms with Gasteiger partial charge in [0.1, 0.15) is 0 Å². The van der Waals surface area contributed by atoms with E-state index < -0.39 is 5.56 Å². The molecule has 0 aliphatic carbocycles. The smallest absolute Gasteiger partial charge is 0.307 e. The van der Waals surface area contributed by atoms with Crippen molar-refractivity contribution < 1.29 is 9.53 Å². The summed E-state index contributed by atoms with van der Waals surface area (Å²) in [4.78, 5) is 11.7. The largest absolute Gasteiger partial charge is 0.446 e. The summed E-state index contributed by atoms with van der Waals surface area (Å²) in [7, 11) is 0. The molecule has 1 rings (SSSR count). The van der Waals surface area contributed by atoms with E-state index in [1.165, 1.54) is 44.9 Å². The van der Waals surface area contributed by atoms with Gasteiger partial charge in [-0.25, -0.2) is 0 Å². The van der Waals surface area contributed by atoms with Gasteiger partial charge in [0, 0.05) is 12.8 Å². The predicted molar refractivity (Wildman–Crippen MR) is 97.7 cm³/mol. The maximum Gasteiger partial charge on any atom is 0.307 e. The molecule has 1 aromatic carbocycles. The number of hydrogen-bond donors (Lipinski definition) is 0. The number of hydrogen-bond acceptors (Lipinski definition) is 2. The summed E-state index contributed by atoms with van der Waals surface area (Å²) in [6, 6.07) is 9.86. The first-order valence-electron chi connectivity index (χ1n) is 9.10. The van der Waals surface area contributed by atoms with E-state index >= 15 is 0 Å². The summed E-state index contributed by atoms with van der Waals surface area (Å²) >= 11 is 6.09. The lowest BCUT2D eigenvalue weighted by Gasteiger charge is -2.11. The van der Waals surface area contributed by atoms with E-state index in [9.17, 15) is 4.79 Å². The molecule has 0 bridgehead atoms. The van der Waals surface area contributed by atoms with Gasteiger partial charge in [0.25, 0.3) is 0 Å². The van der Waals surface area contributed by atoms with Gasteiger partial charge in [-0.1, -0.05) is 100 Å². The van der Waals surface area contributed by atoms with Crippen molar-refractivity contribution in [2.24, 2.45) is 0 Å². The minimum absolute atomic E-state index is 0.177. The average Bonchev–Trinajstić information content (AvgIpc) is 2.54. The van der Waals surface area contributed by atoms with Gasteiger partial charge < -0.3 is 4.74 Å². The third-order valence-corrected chi connectivity index (χ3v) is 4.23. The molecule has 130 valence electrons. The molecule has 1 unspecified atom stereocenters. The fourth-order valence-corrected chi connectivity index (χ4v) is 2.90. The van der Waals surface area contributed by atoms with Crippen LogP contribution in [-0.4, -0.2) is 11.5 Å². The minimum Gasteiger partial charge on any atom is -0.446 e. The standard InChI is InChI=1S/C20H31ClO2/c1-2-3-4-5-6-7-8-9-13-16-20(22)23-19(21)17-18-14-11-10-12-15-18/h10-12,14-15,19H,2-9,13,16-17H2,1H3. The average molecular weight is 339 g/mol. The Bertz CT molecular complexity index is 405. The molecule has 0 spiro atoms. The molecule has 0 N–H and O–H groups in total. The number of carbonyl (C=O) groups is 1. The zero-order valence-electron chi connectivity index (χ0n) is 14.4. The molecule has 0 saturated heterocycles. The van der Waals surface area contributed by atoms with Gasteiger partial charge in [-0.3, -0.25) is 4.79 Å². The van der Waals surface area contributed by atoms with E-state index in [2.05, 4.69) is 6.92 Å². The first-order valence-corrected chi connectivity index (χ1v) is 9.53. The Morgan fingerprint density at radius 1 is 0.957 bits per heavy atom. The molecule has 3 heteroatoms. The summed E-state index contributed by atoms with van der Waals surface area (Å²) < 4.78 is 5.25. The summed E-state index contributed by atoms with van der Waals surface area (Å²) in [6.07, 6.45) is 12.2. The van der Waals surface area contributed by atoms with E-state index in [-0.39, 0.29) is 5.97 Å². The van der Waals surface area contributed by atoms with Gasteiger partial charge in [-0.2, -0.15) is 0 Å². The highest BCUT2D eigenvalue weighted by Gasteiger charge is 2.11. The van der Waals surface area contributed by atoms with E-state index in [4.69, 9.17) is 16.3 Å². The molecule has 0 amide bonds. The van der Waals surface area contributed by atoms with Gasteiger partial charge in [-0.05, 0) is 12.0 Å². The Morgan fingerprint density at radius 2 is 1.52 bits per heavy atom. The number of alkyl halides is 1. The second-order valence-electron chi connectivity index (χ2n) is 6.17. The lowest BCUT2D eigenvalue weighted by atomic mass is 10.1. The van der Waals surface area contributed by atoms with Crippen molar-refractivity contribution in [3.8, 4) is 0 Å². The lowest BCUT2D eigenvalue weighted by Crippen LogP contribution is -2.14. The topological polar surface area (TPSA) is 26.3 Å². The van der Waals surface area contributed by atoms with Crippen LogP contribution in [0, 0.1) is 0 Å². The Balaban J connectivity index is 1.97. The number of halogens is 1. The number of carbonyl (C=O) groups excluding carboxylic acids is 1. The first-order chi connectivity index (χ1) is 11.2. The summed E-state index contributed by atoms with van der Waals surface area (Å²) in [5, 5.41) is 0. The number of ether oxygens (including phenoxy) is 1. The van der Waals surface area contributed by atoms with Crippen molar-refractivity contribution in [2.45, 2.75) is 83.1 Å². The summed E-state index contributed by atoms with van der Waals surface area (Å²) in [5.41, 5.74) is 0.520. The van der Waals surface area contributed by atoms with E-state index in [0.29, 0.717) is 12.8 Å². The zero-order chi connectivity index (χ0) is 16.8. The first kappa shape index (κ1) is 20.0. The van der Waals surface area contributed by atoms with Crippen LogP contribution in [0.3, 0.4) is 0 Å². The minimum atomic E-state index is -0.566. The Kier molecular flexibility index (Phi) is 11.7. The van der Waals surface area contributed by atoms with Crippen LogP contribution >= 0.6 is 11.6 Å². The Hall–Kier alpha value is -1.02. The van der Waals surface area contributed by atoms with Crippen molar-refractivity contribution in [1.82, 2.24) is 0 Å². The second-order valence-corrected chi connectivity index (χ2v) is 6.65.